The van der Waals surface area contributed by atoms with Crippen molar-refractivity contribution >= 4 is 38.7 Å². The lowest BCUT2D eigenvalue weighted by Gasteiger charge is -2.10. The lowest BCUT2D eigenvalue weighted by Crippen LogP contribution is -1.91. The Hall–Kier alpha value is -1.19. The highest BCUT2D eigenvalue weighted by atomic mass is 35.5. The zero-order valence-electron chi connectivity index (χ0n) is 10.7. The molecule has 2 rings (SSSR count). The molecule has 18 heavy (non-hydrogen) atoms. The van der Waals surface area contributed by atoms with Gasteiger partial charge in [-0.3, -0.25) is 0 Å². The van der Waals surface area contributed by atoms with Gasteiger partial charge < -0.3 is 0 Å². The van der Waals surface area contributed by atoms with Crippen LogP contribution in [0.2, 0.25) is 5.15 Å². The molecule has 0 aliphatic carbocycles. The van der Waals surface area contributed by atoms with Crippen molar-refractivity contribution in [3.63, 3.8) is 0 Å². The molecule has 0 aliphatic rings. The second kappa shape index (κ2) is 5.21. The Morgan fingerprint density at radius 3 is 2.72 bits per heavy atom. The predicted molar refractivity (Wildman–Crippen MR) is 80.1 cm³/mol. The van der Waals surface area contributed by atoms with Gasteiger partial charge in [-0.2, -0.15) is 0 Å². The molecule has 0 saturated heterocycles. The number of aromatic nitrogens is 2. The fraction of sp³-hybridized carbons (Fsp3) is 0.286. The summed E-state index contributed by atoms with van der Waals surface area (Å²) in [7, 11) is 0. The van der Waals surface area contributed by atoms with Crippen LogP contribution in [0.3, 0.4) is 0 Å². The Bertz CT molecular complexity index is 640. The van der Waals surface area contributed by atoms with Gasteiger partial charge in [0, 0.05) is 10.9 Å². The largest absolute Gasteiger partial charge is 0.235 e. The molecule has 0 radical (unpaired) electrons. The molecule has 0 amide bonds. The Balaban J connectivity index is 2.75. The summed E-state index contributed by atoms with van der Waals surface area (Å²) in [5, 5.41) is 2.61. The number of rotatable bonds is 3. The predicted octanol–water partition coefficient (Wildman–Crippen LogP) is 5.10. The van der Waals surface area contributed by atoms with E-state index in [9.17, 15) is 0 Å². The Kier molecular flexibility index (Phi) is 3.83. The van der Waals surface area contributed by atoms with Gasteiger partial charge in [0.1, 0.15) is 11.5 Å². The first-order valence-electron chi connectivity index (χ1n) is 5.80. The first-order valence-corrected chi connectivity index (χ1v) is 7.05. The Morgan fingerprint density at radius 1 is 1.39 bits per heavy atom. The van der Waals surface area contributed by atoms with Crippen LogP contribution in [0.25, 0.3) is 15.8 Å². The minimum atomic E-state index is 0.520. The van der Waals surface area contributed by atoms with Gasteiger partial charge in [-0.05, 0) is 25.8 Å². The molecule has 0 saturated carbocycles. The van der Waals surface area contributed by atoms with E-state index in [0.29, 0.717) is 5.15 Å². The van der Waals surface area contributed by atoms with Gasteiger partial charge in [0.05, 0.1) is 10.2 Å². The number of allylic oxidation sites excluding steroid dienone is 3. The van der Waals surface area contributed by atoms with E-state index >= 15 is 0 Å². The van der Waals surface area contributed by atoms with Crippen molar-refractivity contribution in [1.82, 2.24) is 9.97 Å². The maximum absolute atomic E-state index is 6.09. The number of nitrogens with zero attached hydrogens (tertiary/aromatic N) is 2. The summed E-state index contributed by atoms with van der Waals surface area (Å²) in [4.78, 5) is 8.38. The smallest absolute Gasteiger partial charge is 0.150 e. The van der Waals surface area contributed by atoms with Crippen LogP contribution in [0.5, 0.6) is 0 Å². The molecular formula is C14H15ClN2S. The Morgan fingerprint density at radius 2 is 2.11 bits per heavy atom. The fourth-order valence-corrected chi connectivity index (χ4v) is 3.16. The molecule has 0 aromatic carbocycles. The van der Waals surface area contributed by atoms with Crippen LogP contribution in [0.4, 0.5) is 0 Å². The molecule has 4 heteroatoms. The molecule has 0 unspecified atom stereocenters. The number of hydrogen-bond acceptors (Lipinski definition) is 3. The molecule has 2 aromatic rings. The summed E-state index contributed by atoms with van der Waals surface area (Å²) in [5.74, 6) is 0. The van der Waals surface area contributed by atoms with Gasteiger partial charge in [-0.1, -0.05) is 36.2 Å². The van der Waals surface area contributed by atoms with Crippen LogP contribution >= 0.6 is 22.9 Å². The van der Waals surface area contributed by atoms with Gasteiger partial charge in [0.2, 0.25) is 0 Å². The number of thiophene rings is 1. The molecule has 2 nitrogen and oxygen atoms in total. The van der Waals surface area contributed by atoms with E-state index in [0.717, 1.165) is 27.8 Å². The van der Waals surface area contributed by atoms with Crippen LogP contribution in [0, 0.1) is 0 Å². The van der Waals surface area contributed by atoms with Crippen molar-refractivity contribution in [3.8, 4) is 0 Å². The Labute approximate surface area is 116 Å². The quantitative estimate of drug-likeness (QED) is 0.576. The highest BCUT2D eigenvalue weighted by Gasteiger charge is 2.14. The third-order valence-electron chi connectivity index (χ3n) is 2.96. The molecule has 0 atom stereocenters. The molecule has 0 fully saturated rings. The van der Waals surface area contributed by atoms with Gasteiger partial charge >= 0.3 is 0 Å². The van der Waals surface area contributed by atoms with E-state index in [2.05, 4.69) is 35.8 Å². The first kappa shape index (κ1) is 13.2. The van der Waals surface area contributed by atoms with Crippen molar-refractivity contribution in [2.24, 2.45) is 0 Å². The van der Waals surface area contributed by atoms with Crippen molar-refractivity contribution in [3.05, 3.63) is 40.1 Å². The summed E-state index contributed by atoms with van der Waals surface area (Å²) in [6.07, 6.45) is 2.51. The lowest BCUT2D eigenvalue weighted by molar-refractivity contribution is 1.10. The average molecular weight is 279 g/mol. The van der Waals surface area contributed by atoms with Gasteiger partial charge in [-0.25, -0.2) is 9.97 Å². The summed E-state index contributed by atoms with van der Waals surface area (Å²) in [6.45, 7) is 10.4. The molecule has 0 aliphatic heterocycles. The van der Waals surface area contributed by atoms with E-state index in [1.807, 2.05) is 6.92 Å². The van der Waals surface area contributed by atoms with Crippen LogP contribution in [-0.4, -0.2) is 9.97 Å². The van der Waals surface area contributed by atoms with Crippen LogP contribution in [-0.2, 0) is 0 Å². The number of fused-ring (bicyclic) bond motifs is 1. The SMILES string of the molecule is C=C(C)/C(=C(/C)CC)c1csc2c(Cl)ncnc12. The maximum atomic E-state index is 6.09. The molecule has 0 N–H and O–H groups in total. The van der Waals surface area contributed by atoms with E-state index in [1.165, 1.54) is 17.5 Å². The van der Waals surface area contributed by atoms with Crippen molar-refractivity contribution in [1.29, 1.82) is 0 Å². The first-order chi connectivity index (χ1) is 8.56. The minimum Gasteiger partial charge on any atom is -0.235 e. The third-order valence-corrected chi connectivity index (χ3v) is 4.34. The van der Waals surface area contributed by atoms with E-state index in [4.69, 9.17) is 11.6 Å². The third kappa shape index (κ3) is 2.20. The van der Waals surface area contributed by atoms with Crippen molar-refractivity contribution in [2.75, 3.05) is 0 Å². The standard InChI is InChI=1S/C14H15ClN2S/c1-5-9(4)11(8(2)3)10-6-18-13-12(10)16-7-17-14(13)15/h6-7H,2,5H2,1,3-4H3/b11-9+. The summed E-state index contributed by atoms with van der Waals surface area (Å²) in [6, 6.07) is 0. The van der Waals surface area contributed by atoms with Crippen molar-refractivity contribution in [2.45, 2.75) is 27.2 Å². The lowest BCUT2D eigenvalue weighted by atomic mass is 9.95. The zero-order valence-corrected chi connectivity index (χ0v) is 12.3. The molecule has 0 bridgehead atoms. The maximum Gasteiger partial charge on any atom is 0.150 e. The number of hydrogen-bond donors (Lipinski definition) is 0. The van der Waals surface area contributed by atoms with Crippen LogP contribution < -0.4 is 0 Å². The highest BCUT2D eigenvalue weighted by Crippen LogP contribution is 2.37. The minimum absolute atomic E-state index is 0.520. The van der Waals surface area contributed by atoms with Crippen LogP contribution in [0.15, 0.2) is 29.4 Å². The molecular weight excluding hydrogens is 264 g/mol. The van der Waals surface area contributed by atoms with E-state index in [-0.39, 0.29) is 0 Å². The molecule has 94 valence electrons. The average Bonchev–Trinajstić information content (AvgIpc) is 2.74. The number of halogens is 1. The van der Waals surface area contributed by atoms with Gasteiger partial charge in [-0.15, -0.1) is 11.3 Å². The van der Waals surface area contributed by atoms with E-state index < -0.39 is 0 Å². The zero-order chi connectivity index (χ0) is 13.3. The molecule has 2 aromatic heterocycles. The van der Waals surface area contributed by atoms with Crippen LogP contribution in [0.1, 0.15) is 32.8 Å². The molecule has 2 heterocycles. The van der Waals surface area contributed by atoms with Crippen molar-refractivity contribution < 1.29 is 0 Å². The second-order valence-electron chi connectivity index (χ2n) is 4.28. The summed E-state index contributed by atoms with van der Waals surface area (Å²) >= 11 is 7.67. The molecule has 0 spiro atoms. The van der Waals surface area contributed by atoms with E-state index in [1.54, 1.807) is 11.3 Å². The highest BCUT2D eigenvalue weighted by molar-refractivity contribution is 7.18. The van der Waals surface area contributed by atoms with Gasteiger partial charge in [0.25, 0.3) is 0 Å². The normalized spacial score (nSPS) is 12.7. The second-order valence-corrected chi connectivity index (χ2v) is 5.52. The topological polar surface area (TPSA) is 25.8 Å². The summed E-state index contributed by atoms with van der Waals surface area (Å²) < 4.78 is 0.941. The monoisotopic (exact) mass is 278 g/mol. The van der Waals surface area contributed by atoms with Gasteiger partial charge in [0.15, 0.2) is 0 Å². The summed E-state index contributed by atoms with van der Waals surface area (Å²) in [5.41, 5.74) is 5.61. The fourth-order valence-electron chi connectivity index (χ4n) is 2.00.